The molecule has 0 fully saturated rings. The van der Waals surface area contributed by atoms with E-state index in [1.165, 1.54) is 4.90 Å². The molecule has 2 aromatic rings. The molecule has 0 aliphatic rings. The van der Waals surface area contributed by atoms with Gasteiger partial charge < -0.3 is 30.8 Å². The largest absolute Gasteiger partial charge is 1.00 e. The molecule has 2 aromatic carbocycles. The van der Waals surface area contributed by atoms with Gasteiger partial charge in [0.05, 0.1) is 59.1 Å². The predicted molar refractivity (Wildman–Crippen MR) is 249 cm³/mol. The van der Waals surface area contributed by atoms with Crippen LogP contribution in [0.5, 0.6) is 0 Å². The molecular formula is C28H43Cl2I3K4N3O18S6V. The molecule has 0 bridgehead atoms. The van der Waals surface area contributed by atoms with Crippen molar-refractivity contribution in [3.63, 3.8) is 0 Å². The summed E-state index contributed by atoms with van der Waals surface area (Å²) in [5.74, 6) is -1.97. The third-order valence-corrected chi connectivity index (χ3v) is 10.7. The Hall–Kier alpha value is 7.39. The van der Waals surface area contributed by atoms with Crippen LogP contribution in [-0.2, 0) is 91.0 Å². The SMILES string of the molecule is ClCc1ccccc1CCl.O=S(=O)(O)CCNCCS(=O)(=O)O.O=S(=O)=O.[CH2-]CN(CCS(=O)(=O)[O-])Cc1ccccc1CN(CCS(=O)(=O)[O-])CCS(=O)(=O)[O-].[I][V]([I])[I].[K+].[K+].[K+].[K+]. The molecule has 0 radical (unpaired) electrons. The molecule has 0 spiro atoms. The predicted octanol–water partition coefficient (Wildman–Crippen LogP) is -10.1. The van der Waals surface area contributed by atoms with E-state index >= 15 is 0 Å². The molecule has 37 heteroatoms. The number of alkyl halides is 2. The maximum Gasteiger partial charge on any atom is 1.00 e. The molecule has 0 saturated carbocycles. The summed E-state index contributed by atoms with van der Waals surface area (Å²) in [6, 6.07) is 14.8. The van der Waals surface area contributed by atoms with Crippen LogP contribution in [0.25, 0.3) is 0 Å². The van der Waals surface area contributed by atoms with Gasteiger partial charge >= 0.3 is 281 Å². The molecule has 0 atom stereocenters. The van der Waals surface area contributed by atoms with Gasteiger partial charge in [-0.1, -0.05) is 48.5 Å². The first-order valence-corrected chi connectivity index (χ1v) is 39.7. The van der Waals surface area contributed by atoms with E-state index in [1.807, 2.05) is 24.3 Å². The van der Waals surface area contributed by atoms with E-state index in [9.17, 15) is 55.7 Å². The Morgan fingerprint density at radius 2 is 0.815 bits per heavy atom. The third-order valence-electron chi connectivity index (χ3n) is 6.67. The number of hydrogen-bond acceptors (Lipinski definition) is 19. The Bertz CT molecular complexity index is 2160. The number of halogens is 5. The first kappa shape index (κ1) is 86.3. The summed E-state index contributed by atoms with van der Waals surface area (Å²) in [5, 5.41) is 2.42. The van der Waals surface area contributed by atoms with Gasteiger partial charge in [0.15, 0.2) is 0 Å². The van der Waals surface area contributed by atoms with E-state index in [-0.39, 0.29) is 263 Å². The minimum atomic E-state index is -4.54. The molecule has 0 heterocycles. The second-order valence-corrected chi connectivity index (χ2v) is 55.4. The quantitative estimate of drug-likeness (QED) is 0.0246. The van der Waals surface area contributed by atoms with Gasteiger partial charge in [0.1, 0.15) is 0 Å². The van der Waals surface area contributed by atoms with Crippen LogP contribution in [-0.4, -0.2) is 155 Å². The van der Waals surface area contributed by atoms with Gasteiger partial charge in [-0.05, 0) is 22.3 Å². The number of rotatable bonds is 22. The fourth-order valence-electron chi connectivity index (χ4n) is 3.96. The first-order chi connectivity index (χ1) is 27.7. The van der Waals surface area contributed by atoms with E-state index in [0.29, 0.717) is 22.9 Å². The zero-order valence-corrected chi connectivity index (χ0v) is 62.3. The van der Waals surface area contributed by atoms with Crippen molar-refractivity contribution in [3.8, 4) is 0 Å². The molecule has 3 N–H and O–H groups in total. The van der Waals surface area contributed by atoms with Crippen molar-refractivity contribution in [3.05, 3.63) is 77.7 Å². The van der Waals surface area contributed by atoms with Gasteiger partial charge in [0, 0.05) is 57.6 Å². The molecule has 21 nitrogen and oxygen atoms in total. The first-order valence-electron chi connectivity index (χ1n) is 16.2. The van der Waals surface area contributed by atoms with Gasteiger partial charge in [-0.15, -0.1) is 42.4 Å². The van der Waals surface area contributed by atoms with Crippen LogP contribution >= 0.6 is 83.1 Å². The molecule has 65 heavy (non-hydrogen) atoms. The normalized spacial score (nSPS) is 11.2. The van der Waals surface area contributed by atoms with Gasteiger partial charge in [-0.25, -0.2) is 25.3 Å². The van der Waals surface area contributed by atoms with Crippen molar-refractivity contribution in [2.75, 3.05) is 68.0 Å². The van der Waals surface area contributed by atoms with E-state index in [2.05, 4.69) is 72.2 Å². The molecule has 0 aliphatic carbocycles. The summed E-state index contributed by atoms with van der Waals surface area (Å²) in [6.07, 6.45) is 0. The van der Waals surface area contributed by atoms with E-state index in [4.69, 9.17) is 44.9 Å². The van der Waals surface area contributed by atoms with Crippen LogP contribution in [0.4, 0.5) is 0 Å². The van der Waals surface area contributed by atoms with Crippen LogP contribution < -0.4 is 211 Å². The molecule has 0 aliphatic heterocycles. The molecule has 0 unspecified atom stereocenters. The van der Waals surface area contributed by atoms with E-state index in [1.54, 1.807) is 29.2 Å². The Kier molecular flexibility index (Phi) is 64.4. The summed E-state index contributed by atoms with van der Waals surface area (Å²) in [7, 11) is -24.6. The van der Waals surface area contributed by atoms with Crippen LogP contribution in [0.1, 0.15) is 22.3 Å². The number of nitrogens with zero attached hydrogens (tertiary/aromatic N) is 2. The minimum absolute atomic E-state index is 0. The average molecular weight is 1560 g/mol. The standard InChI is InChI=1S/C16H27N2O9S3.C8H8Cl2.C4H11NO6S2.3HI.4K.O3S.V/c1-2-17(7-10-28(19,20)21)13-15-5-3-4-6-16(15)14-18(8-11-29(22,23)24)9-12-30(25,26)27;9-5-7-3-1-2-4-8(7)6-10;6-12(7,8)3-1-5-2-4-13(9,10)11;;;;;;;;1-4(2)3;/h3-6H,1-2,7-14H2,(H,19,20,21)(H,22,23,24)(H,25,26,27);1-4H,5-6H2;5H,1-4H2,(H,6,7,8)(H,9,10,11);3*1H;;;;;;/q-1;;;;;;4*+1;;+3/p-6. The molecule has 0 saturated heterocycles. The monoisotopic (exact) mass is 1560 g/mol. The second kappa shape index (κ2) is 48.5. The Morgan fingerprint density at radius 3 is 1.05 bits per heavy atom. The van der Waals surface area contributed by atoms with Crippen LogP contribution in [0, 0.1) is 6.92 Å². The van der Waals surface area contributed by atoms with Crippen molar-refractivity contribution in [1.29, 1.82) is 0 Å². The molecule has 358 valence electrons. The van der Waals surface area contributed by atoms with Gasteiger partial charge in [-0.2, -0.15) is 16.8 Å². The fourth-order valence-corrected chi connectivity index (χ4v) is 6.73. The zero-order chi connectivity index (χ0) is 48.1. The van der Waals surface area contributed by atoms with Crippen LogP contribution in [0.15, 0.2) is 48.5 Å². The van der Waals surface area contributed by atoms with Crippen molar-refractivity contribution < 1.29 is 288 Å². The topological polar surface area (TPSA) is 350 Å². The molecule has 0 amide bonds. The van der Waals surface area contributed by atoms with Gasteiger partial charge in [0.25, 0.3) is 20.2 Å². The van der Waals surface area contributed by atoms with Gasteiger partial charge in [-0.3, -0.25) is 14.0 Å². The van der Waals surface area contributed by atoms with E-state index < -0.39 is 90.0 Å². The van der Waals surface area contributed by atoms with Crippen molar-refractivity contribution in [2.24, 2.45) is 0 Å². The Balaban J connectivity index is -0.000000159. The summed E-state index contributed by atoms with van der Waals surface area (Å²) in [4.78, 5) is 2.73. The van der Waals surface area contributed by atoms with Crippen molar-refractivity contribution in [2.45, 2.75) is 24.8 Å². The summed E-state index contributed by atoms with van der Waals surface area (Å²) < 4.78 is 181. The zero-order valence-electron chi connectivity index (χ0n) is 35.5. The average Bonchev–Trinajstić information content (AvgIpc) is 3.09. The molecule has 0 aromatic heterocycles. The molecular weight excluding hydrogens is 1520 g/mol. The minimum Gasteiger partial charge on any atom is 1.00 e. The maximum absolute atomic E-state index is 10.9. The Morgan fingerprint density at radius 1 is 0.569 bits per heavy atom. The fraction of sp³-hybridized carbons (Fsp3) is 0.536. The smallest absolute Gasteiger partial charge is 1.00 e. The van der Waals surface area contributed by atoms with E-state index in [0.717, 1.165) is 11.1 Å². The Labute approximate surface area is 603 Å². The summed E-state index contributed by atoms with van der Waals surface area (Å²) in [5.41, 5.74) is 3.62. The van der Waals surface area contributed by atoms with Crippen LogP contribution in [0.2, 0.25) is 0 Å². The molecule has 2 rings (SSSR count). The number of nitrogens with one attached hydrogen (secondary N) is 1. The van der Waals surface area contributed by atoms with Gasteiger partial charge in [0.2, 0.25) is 0 Å². The van der Waals surface area contributed by atoms with Crippen molar-refractivity contribution >= 4 is 144 Å². The number of hydrogen-bond donors (Lipinski definition) is 3. The maximum atomic E-state index is 10.9. The second-order valence-electron chi connectivity index (χ2n) is 11.4. The summed E-state index contributed by atoms with van der Waals surface area (Å²) >= 11 is 18.7. The summed E-state index contributed by atoms with van der Waals surface area (Å²) in [6.45, 7) is 3.55. The number of benzene rings is 2. The van der Waals surface area contributed by atoms with Crippen LogP contribution in [0.3, 0.4) is 0 Å². The van der Waals surface area contributed by atoms with Crippen molar-refractivity contribution in [1.82, 2.24) is 15.1 Å². The third kappa shape index (κ3) is 67.4.